The SMILES string of the molecule is O=C(Cc1ccn[nH]1)NCCc1ccc(O)cc1. The largest absolute Gasteiger partial charge is 0.508 e. The molecule has 5 nitrogen and oxygen atoms in total. The number of carbonyl (C=O) groups is 1. The maximum absolute atomic E-state index is 11.6. The van der Waals surface area contributed by atoms with Gasteiger partial charge in [0, 0.05) is 18.4 Å². The third-order valence-electron chi connectivity index (χ3n) is 2.58. The van der Waals surface area contributed by atoms with E-state index >= 15 is 0 Å². The zero-order valence-corrected chi connectivity index (χ0v) is 9.89. The Bertz CT molecular complexity index is 491. The standard InChI is InChI=1S/C13H15N3O2/c17-12-3-1-10(2-4-12)5-7-14-13(18)9-11-6-8-15-16-11/h1-4,6,8,17H,5,7,9H2,(H,14,18)(H,15,16). The van der Waals surface area contributed by atoms with Gasteiger partial charge in [-0.2, -0.15) is 5.10 Å². The predicted octanol–water partition coefficient (Wildman–Crippen LogP) is 1.02. The van der Waals surface area contributed by atoms with Crippen molar-refractivity contribution in [3.63, 3.8) is 0 Å². The van der Waals surface area contributed by atoms with E-state index in [2.05, 4.69) is 15.5 Å². The first-order valence-electron chi connectivity index (χ1n) is 5.77. The molecule has 0 spiro atoms. The topological polar surface area (TPSA) is 78.0 Å². The molecule has 0 fully saturated rings. The van der Waals surface area contributed by atoms with Crippen LogP contribution in [0, 0.1) is 0 Å². The lowest BCUT2D eigenvalue weighted by molar-refractivity contribution is -0.120. The van der Waals surface area contributed by atoms with Gasteiger partial charge in [0.15, 0.2) is 0 Å². The van der Waals surface area contributed by atoms with Crippen LogP contribution in [0.5, 0.6) is 5.75 Å². The predicted molar refractivity (Wildman–Crippen MR) is 67.1 cm³/mol. The Morgan fingerprint density at radius 1 is 1.28 bits per heavy atom. The number of amides is 1. The highest BCUT2D eigenvalue weighted by Crippen LogP contribution is 2.09. The molecular weight excluding hydrogens is 230 g/mol. The van der Waals surface area contributed by atoms with E-state index in [4.69, 9.17) is 5.11 Å². The minimum atomic E-state index is -0.0296. The van der Waals surface area contributed by atoms with Crippen LogP contribution >= 0.6 is 0 Å². The molecule has 5 heteroatoms. The summed E-state index contributed by atoms with van der Waals surface area (Å²) < 4.78 is 0. The highest BCUT2D eigenvalue weighted by atomic mass is 16.3. The number of nitrogens with zero attached hydrogens (tertiary/aromatic N) is 1. The molecule has 0 bridgehead atoms. The molecule has 2 aromatic rings. The smallest absolute Gasteiger partial charge is 0.226 e. The number of benzene rings is 1. The highest BCUT2D eigenvalue weighted by molar-refractivity contribution is 5.78. The Labute approximate surface area is 105 Å². The summed E-state index contributed by atoms with van der Waals surface area (Å²) >= 11 is 0. The summed E-state index contributed by atoms with van der Waals surface area (Å²) in [4.78, 5) is 11.6. The molecule has 0 radical (unpaired) electrons. The molecule has 1 amide bonds. The van der Waals surface area contributed by atoms with Crippen LogP contribution in [0.4, 0.5) is 0 Å². The van der Waals surface area contributed by atoms with Crippen molar-refractivity contribution in [2.24, 2.45) is 0 Å². The van der Waals surface area contributed by atoms with E-state index < -0.39 is 0 Å². The fourth-order valence-electron chi connectivity index (χ4n) is 1.63. The lowest BCUT2D eigenvalue weighted by Crippen LogP contribution is -2.27. The number of aromatic amines is 1. The summed E-state index contributed by atoms with van der Waals surface area (Å²) in [6, 6.07) is 8.75. The number of hydrogen-bond donors (Lipinski definition) is 3. The second kappa shape index (κ2) is 5.86. The molecule has 0 atom stereocenters. The van der Waals surface area contributed by atoms with Crippen molar-refractivity contribution < 1.29 is 9.90 Å². The van der Waals surface area contributed by atoms with Crippen molar-refractivity contribution in [1.29, 1.82) is 0 Å². The van der Waals surface area contributed by atoms with Crippen LogP contribution in [-0.2, 0) is 17.6 Å². The molecule has 1 aromatic heterocycles. The van der Waals surface area contributed by atoms with Crippen molar-refractivity contribution in [3.05, 3.63) is 47.8 Å². The zero-order valence-electron chi connectivity index (χ0n) is 9.89. The van der Waals surface area contributed by atoms with Gasteiger partial charge in [-0.25, -0.2) is 0 Å². The maximum atomic E-state index is 11.6. The van der Waals surface area contributed by atoms with E-state index in [-0.39, 0.29) is 11.7 Å². The van der Waals surface area contributed by atoms with Crippen LogP contribution in [0.25, 0.3) is 0 Å². The van der Waals surface area contributed by atoms with Gasteiger partial charge in [0.05, 0.1) is 6.42 Å². The van der Waals surface area contributed by atoms with E-state index in [0.717, 1.165) is 17.7 Å². The van der Waals surface area contributed by atoms with E-state index in [1.165, 1.54) is 0 Å². The van der Waals surface area contributed by atoms with Crippen molar-refractivity contribution in [2.75, 3.05) is 6.54 Å². The van der Waals surface area contributed by atoms with Crippen LogP contribution in [-0.4, -0.2) is 27.8 Å². The lowest BCUT2D eigenvalue weighted by Gasteiger charge is -2.04. The van der Waals surface area contributed by atoms with Crippen LogP contribution in [0.2, 0.25) is 0 Å². The minimum absolute atomic E-state index is 0.0296. The summed E-state index contributed by atoms with van der Waals surface area (Å²) in [5.74, 6) is 0.222. The molecule has 0 saturated carbocycles. The first kappa shape index (κ1) is 12.2. The number of phenols is 1. The summed E-state index contributed by atoms with van der Waals surface area (Å²) in [5, 5.41) is 18.5. The van der Waals surface area contributed by atoms with E-state index in [9.17, 15) is 4.79 Å². The first-order valence-corrected chi connectivity index (χ1v) is 5.77. The number of rotatable bonds is 5. The fraction of sp³-hybridized carbons (Fsp3) is 0.231. The molecule has 0 saturated heterocycles. The molecule has 2 rings (SSSR count). The number of H-pyrrole nitrogens is 1. The van der Waals surface area contributed by atoms with Gasteiger partial charge in [-0.3, -0.25) is 9.89 Å². The second-order valence-corrected chi connectivity index (χ2v) is 4.03. The van der Waals surface area contributed by atoms with Gasteiger partial charge in [-0.15, -0.1) is 0 Å². The van der Waals surface area contributed by atoms with Crippen LogP contribution < -0.4 is 5.32 Å². The average molecular weight is 245 g/mol. The third-order valence-corrected chi connectivity index (χ3v) is 2.58. The second-order valence-electron chi connectivity index (χ2n) is 4.03. The van der Waals surface area contributed by atoms with Crippen LogP contribution in [0.1, 0.15) is 11.3 Å². The molecule has 94 valence electrons. The molecule has 18 heavy (non-hydrogen) atoms. The molecule has 0 unspecified atom stereocenters. The van der Waals surface area contributed by atoms with Crippen LogP contribution in [0.15, 0.2) is 36.5 Å². The Morgan fingerprint density at radius 3 is 2.72 bits per heavy atom. The summed E-state index contributed by atoms with van der Waals surface area (Å²) in [7, 11) is 0. The molecule has 0 aliphatic rings. The van der Waals surface area contributed by atoms with Gasteiger partial charge < -0.3 is 10.4 Å². The monoisotopic (exact) mass is 245 g/mol. The number of aromatic nitrogens is 2. The highest BCUT2D eigenvalue weighted by Gasteiger charge is 2.03. The van der Waals surface area contributed by atoms with Gasteiger partial charge >= 0.3 is 0 Å². The van der Waals surface area contributed by atoms with Crippen molar-refractivity contribution in [1.82, 2.24) is 15.5 Å². The Balaban J connectivity index is 1.72. The number of aromatic hydroxyl groups is 1. The number of hydrogen-bond acceptors (Lipinski definition) is 3. The third kappa shape index (κ3) is 3.62. The van der Waals surface area contributed by atoms with E-state index in [0.29, 0.717) is 13.0 Å². The minimum Gasteiger partial charge on any atom is -0.508 e. The van der Waals surface area contributed by atoms with E-state index in [1.54, 1.807) is 24.4 Å². The number of phenolic OH excluding ortho intramolecular Hbond substituents is 1. The van der Waals surface area contributed by atoms with Crippen molar-refractivity contribution >= 4 is 5.91 Å². The molecule has 3 N–H and O–H groups in total. The van der Waals surface area contributed by atoms with Gasteiger partial charge in [-0.1, -0.05) is 12.1 Å². The Morgan fingerprint density at radius 2 is 2.06 bits per heavy atom. The van der Waals surface area contributed by atoms with Gasteiger partial charge in [0.2, 0.25) is 5.91 Å². The molecular formula is C13H15N3O2. The quantitative estimate of drug-likeness (QED) is 0.735. The number of carbonyl (C=O) groups excluding carboxylic acids is 1. The van der Waals surface area contributed by atoms with Crippen molar-refractivity contribution in [2.45, 2.75) is 12.8 Å². The summed E-state index contributed by atoms with van der Waals surface area (Å²) in [6.45, 7) is 0.581. The van der Waals surface area contributed by atoms with E-state index in [1.807, 2.05) is 12.1 Å². The molecule has 1 aromatic carbocycles. The lowest BCUT2D eigenvalue weighted by atomic mass is 10.1. The van der Waals surface area contributed by atoms with Gasteiger partial charge in [0.1, 0.15) is 5.75 Å². The summed E-state index contributed by atoms with van der Waals surface area (Å²) in [6.07, 6.45) is 2.68. The molecule has 1 heterocycles. The van der Waals surface area contributed by atoms with Gasteiger partial charge in [-0.05, 0) is 30.2 Å². The fourth-order valence-corrected chi connectivity index (χ4v) is 1.63. The molecule has 0 aliphatic heterocycles. The normalized spacial score (nSPS) is 10.2. The average Bonchev–Trinajstić information content (AvgIpc) is 2.84. The maximum Gasteiger partial charge on any atom is 0.226 e. The Hall–Kier alpha value is -2.30. The van der Waals surface area contributed by atoms with Crippen LogP contribution in [0.3, 0.4) is 0 Å². The van der Waals surface area contributed by atoms with Crippen molar-refractivity contribution in [3.8, 4) is 5.75 Å². The molecule has 0 aliphatic carbocycles. The zero-order chi connectivity index (χ0) is 12.8. The van der Waals surface area contributed by atoms with Gasteiger partial charge in [0.25, 0.3) is 0 Å². The Kier molecular flexibility index (Phi) is 3.96. The first-order chi connectivity index (χ1) is 8.74. The summed E-state index contributed by atoms with van der Waals surface area (Å²) in [5.41, 5.74) is 1.88. The number of nitrogens with one attached hydrogen (secondary N) is 2.